The Bertz CT molecular complexity index is 1300. The van der Waals surface area contributed by atoms with Gasteiger partial charge in [-0.1, -0.05) is 22.0 Å². The molecule has 0 saturated heterocycles. The summed E-state index contributed by atoms with van der Waals surface area (Å²) in [6.07, 6.45) is 3.55. The molecule has 4 rings (SSSR count). The Morgan fingerprint density at radius 3 is 2.61 bits per heavy atom. The number of nitrogens with zero attached hydrogens (tertiary/aromatic N) is 10. The predicted octanol–water partition coefficient (Wildman–Crippen LogP) is 5.10. The van der Waals surface area contributed by atoms with E-state index in [-0.39, 0.29) is 17.5 Å². The Morgan fingerprint density at radius 1 is 1.10 bits per heavy atom. The highest BCUT2D eigenvalue weighted by Crippen LogP contribution is 2.41. The minimum Gasteiger partial charge on any atom is -0.506 e. The lowest BCUT2D eigenvalue weighted by Crippen LogP contribution is -2.08. The molecule has 12 nitrogen and oxygen atoms in total. The Kier molecular flexibility index (Phi) is 5.81. The first-order valence-corrected chi connectivity index (χ1v) is 10.8. The highest BCUT2D eigenvalue weighted by molar-refractivity contribution is 7.98. The first-order chi connectivity index (χ1) is 14.9. The van der Waals surface area contributed by atoms with Crippen LogP contribution in [0.15, 0.2) is 48.5 Å². The molecule has 0 saturated carbocycles. The summed E-state index contributed by atoms with van der Waals surface area (Å²) in [6.45, 7) is 1.68. The van der Waals surface area contributed by atoms with E-state index in [1.807, 2.05) is 20.4 Å². The van der Waals surface area contributed by atoms with Crippen molar-refractivity contribution in [3.05, 3.63) is 24.2 Å². The van der Waals surface area contributed by atoms with Gasteiger partial charge in [-0.05, 0) is 30.8 Å². The van der Waals surface area contributed by atoms with Gasteiger partial charge in [-0.2, -0.15) is 9.36 Å². The van der Waals surface area contributed by atoms with E-state index in [9.17, 15) is 5.11 Å². The van der Waals surface area contributed by atoms with Gasteiger partial charge in [0.2, 0.25) is 0 Å². The number of hydrogen-bond acceptors (Lipinski definition) is 14. The molecular weight excluding hydrogens is 440 g/mol. The minimum atomic E-state index is -0.0604. The summed E-state index contributed by atoms with van der Waals surface area (Å²) >= 11 is 2.58. The molecule has 0 aliphatic carbocycles. The lowest BCUT2D eigenvalue weighted by atomic mass is 10.2. The zero-order valence-corrected chi connectivity index (χ0v) is 18.5. The second-order valence-electron chi connectivity index (χ2n) is 6.33. The van der Waals surface area contributed by atoms with E-state index in [0.717, 1.165) is 11.5 Å². The van der Waals surface area contributed by atoms with Crippen LogP contribution in [0.3, 0.4) is 0 Å². The molecule has 14 heteroatoms. The number of rotatable bonds is 6. The summed E-state index contributed by atoms with van der Waals surface area (Å²) in [7, 11) is 3.64. The fourth-order valence-electron chi connectivity index (χ4n) is 2.48. The highest BCUT2D eigenvalue weighted by Gasteiger charge is 2.13. The molecule has 3 aromatic heterocycles. The number of azo groups is 2. The molecule has 31 heavy (non-hydrogen) atoms. The molecule has 0 spiro atoms. The average molecular weight is 457 g/mol. The van der Waals surface area contributed by atoms with Crippen LogP contribution in [0.2, 0.25) is 0 Å². The number of hydrogen-bond donors (Lipinski definition) is 1. The van der Waals surface area contributed by atoms with Gasteiger partial charge < -0.3 is 14.5 Å². The molecule has 0 fully saturated rings. The molecule has 0 amide bonds. The molecule has 0 radical (unpaired) electrons. The lowest BCUT2D eigenvalue weighted by molar-refractivity contribution is 0.421. The van der Waals surface area contributed by atoms with Crippen molar-refractivity contribution in [2.75, 3.05) is 25.3 Å². The highest BCUT2D eigenvalue weighted by atomic mass is 32.2. The maximum atomic E-state index is 10.4. The van der Waals surface area contributed by atoms with Crippen molar-refractivity contribution < 1.29 is 9.63 Å². The van der Waals surface area contributed by atoms with Crippen LogP contribution in [0.4, 0.5) is 28.1 Å². The van der Waals surface area contributed by atoms with Gasteiger partial charge in [0.25, 0.3) is 0 Å². The molecule has 0 unspecified atom stereocenters. The molecule has 0 atom stereocenters. The number of aromatic hydroxyl groups is 1. The van der Waals surface area contributed by atoms with Gasteiger partial charge in [-0.3, -0.25) is 0 Å². The van der Waals surface area contributed by atoms with Crippen LogP contribution in [0.25, 0.3) is 11.0 Å². The van der Waals surface area contributed by atoms with Gasteiger partial charge in [0.15, 0.2) is 21.6 Å². The third-order valence-corrected chi connectivity index (χ3v) is 5.24. The van der Waals surface area contributed by atoms with Crippen molar-refractivity contribution in [1.29, 1.82) is 0 Å². The van der Waals surface area contributed by atoms with Crippen molar-refractivity contribution >= 4 is 62.4 Å². The number of anilines is 1. The molecule has 0 aliphatic rings. The summed E-state index contributed by atoms with van der Waals surface area (Å²) in [4.78, 5) is 14.4. The maximum absolute atomic E-state index is 10.4. The summed E-state index contributed by atoms with van der Waals surface area (Å²) in [5, 5.41) is 32.5. The van der Waals surface area contributed by atoms with Gasteiger partial charge >= 0.3 is 6.01 Å². The van der Waals surface area contributed by atoms with Gasteiger partial charge in [0, 0.05) is 26.4 Å². The normalized spacial score (nSPS) is 11.9. The van der Waals surface area contributed by atoms with Crippen LogP contribution >= 0.6 is 23.3 Å². The molecule has 0 aliphatic heterocycles. The molecule has 1 aromatic carbocycles. The van der Waals surface area contributed by atoms with Crippen LogP contribution in [-0.2, 0) is 0 Å². The van der Waals surface area contributed by atoms with Crippen LogP contribution in [0.1, 0.15) is 5.82 Å². The molecule has 1 N–H and O–H groups in total. The van der Waals surface area contributed by atoms with Gasteiger partial charge in [-0.15, -0.1) is 15.3 Å². The molecule has 158 valence electrons. The second kappa shape index (κ2) is 8.69. The Labute approximate surface area is 184 Å². The lowest BCUT2D eigenvalue weighted by Gasteiger charge is -2.15. The first-order valence-electron chi connectivity index (χ1n) is 8.79. The van der Waals surface area contributed by atoms with E-state index in [4.69, 9.17) is 4.52 Å². The SMILES string of the molecule is CSc1ncc2c(N=Nc3cc(N=Nc4nc(C)no4)c(N(C)C)cc3O)snc2n1. The number of thioether (sulfide) groups is 1. The number of benzene rings is 1. The number of phenolic OH excluding ortho intramolecular Hbond substituents is 1. The number of fused-ring (bicyclic) bond motifs is 1. The zero-order chi connectivity index (χ0) is 22.0. The Balaban J connectivity index is 1.69. The van der Waals surface area contributed by atoms with E-state index >= 15 is 0 Å². The first kappa shape index (κ1) is 20.7. The van der Waals surface area contributed by atoms with Crippen molar-refractivity contribution in [2.45, 2.75) is 12.1 Å². The number of phenols is 1. The van der Waals surface area contributed by atoms with Crippen LogP contribution in [0, 0.1) is 6.92 Å². The maximum Gasteiger partial charge on any atom is 0.366 e. The summed E-state index contributed by atoms with van der Waals surface area (Å²) < 4.78 is 9.23. The molecular formula is C17H16N10O2S2. The smallest absolute Gasteiger partial charge is 0.366 e. The molecule has 3 heterocycles. The van der Waals surface area contributed by atoms with Crippen molar-refractivity contribution in [1.82, 2.24) is 24.5 Å². The Hall–Kier alpha value is -3.52. The standard InChI is InChI=1S/C17H16N10O2S2/c1-8-19-16(29-25-8)24-21-10-5-11(13(28)6-12(10)27(2)3)22-23-15-9-7-18-17(30-4)20-14(9)26-31-15/h5-7,28H,1-4H3. The largest absolute Gasteiger partial charge is 0.506 e. The minimum absolute atomic E-state index is 0.0270. The van der Waals surface area contributed by atoms with E-state index in [2.05, 4.69) is 44.9 Å². The second-order valence-corrected chi connectivity index (χ2v) is 7.86. The average Bonchev–Trinajstić information content (AvgIpc) is 3.36. The fourth-order valence-corrected chi connectivity index (χ4v) is 3.45. The summed E-state index contributed by atoms with van der Waals surface area (Å²) in [6, 6.07) is 3.12. The van der Waals surface area contributed by atoms with E-state index < -0.39 is 0 Å². The monoisotopic (exact) mass is 456 g/mol. The number of aryl methyl sites for hydroxylation is 1. The van der Waals surface area contributed by atoms with Crippen LogP contribution < -0.4 is 4.90 Å². The van der Waals surface area contributed by atoms with Gasteiger partial charge in [-0.25, -0.2) is 9.97 Å². The van der Waals surface area contributed by atoms with Crippen LogP contribution in [-0.4, -0.2) is 49.9 Å². The third-order valence-electron chi connectivity index (χ3n) is 3.94. The van der Waals surface area contributed by atoms with Crippen molar-refractivity contribution in [3.63, 3.8) is 0 Å². The zero-order valence-electron chi connectivity index (χ0n) is 16.9. The summed E-state index contributed by atoms with van der Waals surface area (Å²) in [5.41, 5.74) is 1.83. The van der Waals surface area contributed by atoms with Crippen molar-refractivity contribution in [3.8, 4) is 5.75 Å². The molecule has 0 bridgehead atoms. The topological polar surface area (TPSA) is 150 Å². The summed E-state index contributed by atoms with van der Waals surface area (Å²) in [5.74, 6) is 0.391. The van der Waals surface area contributed by atoms with Gasteiger partial charge in [0.1, 0.15) is 17.1 Å². The number of aromatic nitrogens is 5. The van der Waals surface area contributed by atoms with E-state index in [0.29, 0.717) is 38.4 Å². The van der Waals surface area contributed by atoms with Crippen molar-refractivity contribution in [2.24, 2.45) is 20.5 Å². The Morgan fingerprint density at radius 2 is 1.90 bits per heavy atom. The fraction of sp³-hybridized carbons (Fsp3) is 0.235. The van der Waals surface area contributed by atoms with Crippen LogP contribution in [0.5, 0.6) is 5.75 Å². The van der Waals surface area contributed by atoms with E-state index in [1.54, 1.807) is 24.1 Å². The van der Waals surface area contributed by atoms with Gasteiger partial charge in [0.05, 0.1) is 11.1 Å². The third kappa shape index (κ3) is 4.49. The predicted molar refractivity (Wildman–Crippen MR) is 117 cm³/mol. The van der Waals surface area contributed by atoms with E-state index in [1.165, 1.54) is 17.8 Å². The molecule has 4 aromatic rings. The quantitative estimate of drug-likeness (QED) is 0.237.